The van der Waals surface area contributed by atoms with Gasteiger partial charge in [0.2, 0.25) is 0 Å². The molecule has 136 valence electrons. The molecule has 1 aromatic carbocycles. The Balaban J connectivity index is 1.56. The van der Waals surface area contributed by atoms with Gasteiger partial charge in [-0.25, -0.2) is 4.79 Å². The molecule has 2 N–H and O–H groups in total. The van der Waals surface area contributed by atoms with Crippen LogP contribution in [0, 0.1) is 12.8 Å². The van der Waals surface area contributed by atoms with Crippen molar-refractivity contribution in [3.63, 3.8) is 0 Å². The molecule has 2 unspecified atom stereocenters. The van der Waals surface area contributed by atoms with Crippen LogP contribution in [-0.4, -0.2) is 40.6 Å². The Morgan fingerprint density at radius 2 is 1.84 bits per heavy atom. The number of aryl methyl sites for hydroxylation is 1. The van der Waals surface area contributed by atoms with E-state index in [0.29, 0.717) is 18.8 Å². The minimum atomic E-state index is -0.709. The Hall–Kier alpha value is -2.04. The summed E-state index contributed by atoms with van der Waals surface area (Å²) in [6.07, 6.45) is 3.81. The van der Waals surface area contributed by atoms with Crippen LogP contribution >= 0.6 is 0 Å². The van der Waals surface area contributed by atoms with Crippen LogP contribution in [0.5, 0.6) is 0 Å². The molecular weight excluding hydrogens is 316 g/mol. The maximum Gasteiger partial charge on any atom is 0.317 e. The minimum absolute atomic E-state index is 0.00218. The number of likely N-dealkylation sites (tertiary alicyclic amines) is 1. The molecule has 0 bridgehead atoms. The number of aliphatic carboxylic acids is 1. The van der Waals surface area contributed by atoms with Crippen molar-refractivity contribution in [1.29, 1.82) is 0 Å². The molecule has 0 radical (unpaired) electrons. The summed E-state index contributed by atoms with van der Waals surface area (Å²) in [5.41, 5.74) is 2.63. The molecule has 1 aliphatic carbocycles. The molecule has 5 nitrogen and oxygen atoms in total. The average Bonchev–Trinajstić information content (AvgIpc) is 2.97. The SMILES string of the molecule is Cc1ccccc1C1CC(C)N(C(=O)NC2CCC(C(=O)O)CC2)C1. The van der Waals surface area contributed by atoms with Crippen LogP contribution < -0.4 is 5.32 Å². The normalized spacial score (nSPS) is 29.4. The highest BCUT2D eigenvalue weighted by molar-refractivity contribution is 5.75. The van der Waals surface area contributed by atoms with Crippen LogP contribution in [0.25, 0.3) is 0 Å². The van der Waals surface area contributed by atoms with Crippen LogP contribution in [0.3, 0.4) is 0 Å². The monoisotopic (exact) mass is 344 g/mol. The maximum absolute atomic E-state index is 12.7. The predicted octanol–water partition coefficient (Wildman–Crippen LogP) is 3.53. The molecule has 2 aliphatic rings. The van der Waals surface area contributed by atoms with Gasteiger partial charge in [-0.2, -0.15) is 0 Å². The van der Waals surface area contributed by atoms with Gasteiger partial charge in [0.1, 0.15) is 0 Å². The Kier molecular flexibility index (Phi) is 5.30. The topological polar surface area (TPSA) is 69.6 Å². The number of hydrogen-bond acceptors (Lipinski definition) is 2. The lowest BCUT2D eigenvalue weighted by molar-refractivity contribution is -0.142. The van der Waals surface area contributed by atoms with Gasteiger partial charge >= 0.3 is 12.0 Å². The lowest BCUT2D eigenvalue weighted by Crippen LogP contribution is -2.47. The summed E-state index contributed by atoms with van der Waals surface area (Å²) >= 11 is 0. The summed E-state index contributed by atoms with van der Waals surface area (Å²) in [5.74, 6) is -0.562. The zero-order valence-corrected chi connectivity index (χ0v) is 15.1. The summed E-state index contributed by atoms with van der Waals surface area (Å²) < 4.78 is 0. The number of carbonyl (C=O) groups excluding carboxylic acids is 1. The minimum Gasteiger partial charge on any atom is -0.481 e. The van der Waals surface area contributed by atoms with Crippen molar-refractivity contribution in [1.82, 2.24) is 10.2 Å². The van der Waals surface area contributed by atoms with Crippen molar-refractivity contribution >= 4 is 12.0 Å². The van der Waals surface area contributed by atoms with E-state index in [-0.39, 0.29) is 24.0 Å². The first-order valence-corrected chi connectivity index (χ1v) is 9.31. The van der Waals surface area contributed by atoms with Crippen molar-refractivity contribution in [2.45, 2.75) is 64.0 Å². The summed E-state index contributed by atoms with van der Waals surface area (Å²) in [7, 11) is 0. The fourth-order valence-corrected chi connectivity index (χ4v) is 4.33. The largest absolute Gasteiger partial charge is 0.481 e. The van der Waals surface area contributed by atoms with Crippen LogP contribution in [0.4, 0.5) is 4.79 Å². The highest BCUT2D eigenvalue weighted by atomic mass is 16.4. The van der Waals surface area contributed by atoms with E-state index in [1.807, 2.05) is 4.90 Å². The first-order valence-electron chi connectivity index (χ1n) is 9.31. The van der Waals surface area contributed by atoms with E-state index in [4.69, 9.17) is 5.11 Å². The molecule has 2 atom stereocenters. The lowest BCUT2D eigenvalue weighted by atomic mass is 9.86. The van der Waals surface area contributed by atoms with Crippen LogP contribution in [0.15, 0.2) is 24.3 Å². The van der Waals surface area contributed by atoms with Crippen molar-refractivity contribution < 1.29 is 14.7 Å². The third-order valence-electron chi connectivity index (χ3n) is 5.87. The van der Waals surface area contributed by atoms with Gasteiger partial charge in [0.25, 0.3) is 0 Å². The molecular formula is C20H28N2O3. The van der Waals surface area contributed by atoms with Gasteiger partial charge in [0.15, 0.2) is 0 Å². The van der Waals surface area contributed by atoms with E-state index in [9.17, 15) is 9.59 Å². The summed E-state index contributed by atoms with van der Waals surface area (Å²) in [4.78, 5) is 25.7. The van der Waals surface area contributed by atoms with Crippen molar-refractivity contribution in [2.75, 3.05) is 6.54 Å². The van der Waals surface area contributed by atoms with Crippen LogP contribution in [-0.2, 0) is 4.79 Å². The molecule has 0 aromatic heterocycles. The van der Waals surface area contributed by atoms with E-state index in [2.05, 4.69) is 43.4 Å². The van der Waals surface area contributed by atoms with Crippen molar-refractivity contribution in [2.24, 2.45) is 5.92 Å². The van der Waals surface area contributed by atoms with E-state index in [1.54, 1.807) is 0 Å². The number of rotatable bonds is 3. The highest BCUT2D eigenvalue weighted by Gasteiger charge is 2.35. The third-order valence-corrected chi connectivity index (χ3v) is 5.87. The molecule has 5 heteroatoms. The molecule has 1 saturated carbocycles. The Bertz CT molecular complexity index is 638. The molecule has 2 amide bonds. The quantitative estimate of drug-likeness (QED) is 0.881. The second kappa shape index (κ2) is 7.46. The van der Waals surface area contributed by atoms with Crippen molar-refractivity contribution in [3.8, 4) is 0 Å². The lowest BCUT2D eigenvalue weighted by Gasteiger charge is -2.30. The number of benzene rings is 1. The summed E-state index contributed by atoms with van der Waals surface area (Å²) in [5, 5.41) is 12.2. The fraction of sp³-hybridized carbons (Fsp3) is 0.600. The average molecular weight is 344 g/mol. The molecule has 25 heavy (non-hydrogen) atoms. The smallest absolute Gasteiger partial charge is 0.317 e. The molecule has 1 aromatic rings. The molecule has 1 saturated heterocycles. The Labute approximate surface area is 149 Å². The number of nitrogens with zero attached hydrogens (tertiary/aromatic N) is 1. The summed E-state index contributed by atoms with van der Waals surface area (Å²) in [6, 6.07) is 8.74. The Morgan fingerprint density at radius 1 is 1.16 bits per heavy atom. The van der Waals surface area contributed by atoms with Gasteiger partial charge in [-0.05, 0) is 57.1 Å². The van der Waals surface area contributed by atoms with Gasteiger partial charge in [-0.1, -0.05) is 24.3 Å². The van der Waals surface area contributed by atoms with Crippen LogP contribution in [0.1, 0.15) is 56.1 Å². The molecule has 1 heterocycles. The molecule has 1 aliphatic heterocycles. The number of amides is 2. The third kappa shape index (κ3) is 3.97. The van der Waals surface area contributed by atoms with E-state index in [1.165, 1.54) is 11.1 Å². The predicted molar refractivity (Wildman–Crippen MR) is 96.6 cm³/mol. The van der Waals surface area contributed by atoms with E-state index >= 15 is 0 Å². The highest BCUT2D eigenvalue weighted by Crippen LogP contribution is 2.33. The fourth-order valence-electron chi connectivity index (χ4n) is 4.33. The maximum atomic E-state index is 12.7. The second-order valence-corrected chi connectivity index (χ2v) is 7.63. The number of carboxylic acids is 1. The number of urea groups is 1. The second-order valence-electron chi connectivity index (χ2n) is 7.63. The van der Waals surface area contributed by atoms with Gasteiger partial charge < -0.3 is 15.3 Å². The van der Waals surface area contributed by atoms with Gasteiger partial charge in [0, 0.05) is 24.5 Å². The van der Waals surface area contributed by atoms with E-state index < -0.39 is 5.97 Å². The van der Waals surface area contributed by atoms with Crippen LogP contribution in [0.2, 0.25) is 0 Å². The Morgan fingerprint density at radius 3 is 2.48 bits per heavy atom. The van der Waals surface area contributed by atoms with Gasteiger partial charge in [0.05, 0.1) is 5.92 Å². The van der Waals surface area contributed by atoms with Gasteiger partial charge in [-0.3, -0.25) is 4.79 Å². The first kappa shape index (κ1) is 17.8. The molecule has 3 rings (SSSR count). The number of carboxylic acid groups (broad SMARTS) is 1. The standard InChI is InChI=1S/C20H28N2O3/c1-13-5-3-4-6-18(13)16-11-14(2)22(12-16)20(25)21-17-9-7-15(8-10-17)19(23)24/h3-6,14-17H,7-12H2,1-2H3,(H,21,25)(H,23,24). The number of nitrogens with one attached hydrogen (secondary N) is 1. The molecule has 0 spiro atoms. The van der Waals surface area contributed by atoms with E-state index in [0.717, 1.165) is 25.8 Å². The zero-order chi connectivity index (χ0) is 18.0. The number of hydrogen-bond donors (Lipinski definition) is 2. The summed E-state index contributed by atoms with van der Waals surface area (Å²) in [6.45, 7) is 4.99. The van der Waals surface area contributed by atoms with Crippen molar-refractivity contribution in [3.05, 3.63) is 35.4 Å². The first-order chi connectivity index (χ1) is 12.0. The van der Waals surface area contributed by atoms with Gasteiger partial charge in [-0.15, -0.1) is 0 Å². The number of carbonyl (C=O) groups is 2. The zero-order valence-electron chi connectivity index (χ0n) is 15.1. The molecule has 2 fully saturated rings.